The highest BCUT2D eigenvalue weighted by atomic mass is 79.9. The summed E-state index contributed by atoms with van der Waals surface area (Å²) in [4.78, 5) is 25.8. The molecular formula is C24H20Br2N2O3. The lowest BCUT2D eigenvalue weighted by molar-refractivity contribution is -0.140. The van der Waals surface area contributed by atoms with E-state index in [1.807, 2.05) is 42.5 Å². The molecule has 3 aliphatic carbocycles. The van der Waals surface area contributed by atoms with Gasteiger partial charge in [0, 0.05) is 0 Å². The van der Waals surface area contributed by atoms with Gasteiger partial charge < -0.3 is 4.74 Å². The molecule has 0 N–H and O–H groups in total. The number of amides is 2. The van der Waals surface area contributed by atoms with Gasteiger partial charge in [-0.3, -0.25) is 9.59 Å². The second-order valence-electron chi connectivity index (χ2n) is 8.16. The van der Waals surface area contributed by atoms with Gasteiger partial charge in [0.05, 0.1) is 27.0 Å². The van der Waals surface area contributed by atoms with Crippen molar-refractivity contribution in [2.75, 3.05) is 0 Å². The first kappa shape index (κ1) is 20.6. The second-order valence-corrected chi connectivity index (χ2v) is 9.87. The molecule has 7 heteroatoms. The largest absolute Gasteiger partial charge is 0.487 e. The molecule has 0 radical (unpaired) electrons. The Kier molecular flexibility index (Phi) is 5.56. The van der Waals surface area contributed by atoms with Crippen molar-refractivity contribution in [3.63, 3.8) is 0 Å². The van der Waals surface area contributed by atoms with Gasteiger partial charge in [0.2, 0.25) is 0 Å². The first-order valence-corrected chi connectivity index (χ1v) is 11.9. The molecule has 1 saturated heterocycles. The molecule has 31 heavy (non-hydrogen) atoms. The summed E-state index contributed by atoms with van der Waals surface area (Å²) in [5.74, 6) is 0.161. The summed E-state index contributed by atoms with van der Waals surface area (Å²) < 4.78 is 7.47. The van der Waals surface area contributed by atoms with E-state index in [9.17, 15) is 9.59 Å². The number of imide groups is 1. The SMILES string of the molecule is O=C1[C@H]2[C@H](C(=O)N1/N=C\c1cc(Br)c(OCc3ccccc3)c(Br)c1)[C@H]1C=C[C@H]2CC1. The first-order valence-electron chi connectivity index (χ1n) is 10.3. The highest BCUT2D eigenvalue weighted by Crippen LogP contribution is 2.49. The topological polar surface area (TPSA) is 59.0 Å². The molecule has 2 fully saturated rings. The maximum atomic E-state index is 12.9. The van der Waals surface area contributed by atoms with Crippen molar-refractivity contribution < 1.29 is 14.3 Å². The lowest BCUT2D eigenvalue weighted by atomic mass is 9.63. The van der Waals surface area contributed by atoms with E-state index < -0.39 is 0 Å². The number of nitrogens with zero attached hydrogens (tertiary/aromatic N) is 2. The fraction of sp³-hybridized carbons (Fsp3) is 0.292. The fourth-order valence-electron chi connectivity index (χ4n) is 4.82. The first-order chi connectivity index (χ1) is 15.0. The van der Waals surface area contributed by atoms with Crippen molar-refractivity contribution in [1.82, 2.24) is 5.01 Å². The van der Waals surface area contributed by atoms with E-state index in [0.717, 1.165) is 37.9 Å². The standard InChI is InChI=1S/C24H20Br2N2O3/c25-18-10-15(11-19(26)22(18)31-13-14-4-2-1-3-5-14)12-27-28-23(29)20-16-6-7-17(9-8-16)21(20)24(28)30/h1-7,10-12,16-17,20-21H,8-9,13H2/b27-12-/t16-,17-,20+,21+/m0/s1. The van der Waals surface area contributed by atoms with Crippen LogP contribution in [0.5, 0.6) is 5.75 Å². The van der Waals surface area contributed by atoms with Gasteiger partial charge in [0.1, 0.15) is 12.4 Å². The second kappa shape index (κ2) is 8.36. The number of rotatable bonds is 5. The summed E-state index contributed by atoms with van der Waals surface area (Å²) in [6.07, 6.45) is 7.72. The molecule has 6 rings (SSSR count). The van der Waals surface area contributed by atoms with E-state index in [4.69, 9.17) is 4.74 Å². The zero-order valence-electron chi connectivity index (χ0n) is 16.6. The molecule has 2 amide bonds. The van der Waals surface area contributed by atoms with Crippen LogP contribution in [0.15, 0.2) is 68.7 Å². The minimum atomic E-state index is -0.249. The number of carbonyl (C=O) groups is 2. The lowest BCUT2D eigenvalue weighted by Crippen LogP contribution is -2.38. The van der Waals surface area contributed by atoms with Crippen molar-refractivity contribution in [1.29, 1.82) is 0 Å². The molecule has 2 bridgehead atoms. The van der Waals surface area contributed by atoms with Crippen LogP contribution in [-0.2, 0) is 16.2 Å². The molecule has 0 aromatic heterocycles. The third-order valence-corrected chi connectivity index (χ3v) is 7.48. The van der Waals surface area contributed by atoms with Gasteiger partial charge in [-0.15, -0.1) is 0 Å². The zero-order chi connectivity index (χ0) is 21.5. The van der Waals surface area contributed by atoms with E-state index >= 15 is 0 Å². The summed E-state index contributed by atoms with van der Waals surface area (Å²) in [7, 11) is 0. The van der Waals surface area contributed by atoms with Gasteiger partial charge in [-0.1, -0.05) is 42.5 Å². The maximum absolute atomic E-state index is 12.9. The third kappa shape index (κ3) is 3.78. The number of halogens is 2. The number of benzene rings is 2. The van der Waals surface area contributed by atoms with E-state index in [-0.39, 0.29) is 35.5 Å². The minimum Gasteiger partial charge on any atom is -0.487 e. The van der Waals surface area contributed by atoms with Crippen LogP contribution in [-0.4, -0.2) is 23.0 Å². The Labute approximate surface area is 197 Å². The monoisotopic (exact) mass is 542 g/mol. The maximum Gasteiger partial charge on any atom is 0.254 e. The van der Waals surface area contributed by atoms with Crippen molar-refractivity contribution in [2.24, 2.45) is 28.8 Å². The summed E-state index contributed by atoms with van der Waals surface area (Å²) >= 11 is 7.10. The predicted molar refractivity (Wildman–Crippen MR) is 124 cm³/mol. The molecule has 4 atom stereocenters. The van der Waals surface area contributed by atoms with Crippen LogP contribution >= 0.6 is 31.9 Å². The number of hydrogen-bond acceptors (Lipinski definition) is 4. The van der Waals surface area contributed by atoms with Crippen LogP contribution in [0.1, 0.15) is 24.0 Å². The van der Waals surface area contributed by atoms with Gasteiger partial charge in [0.15, 0.2) is 0 Å². The highest BCUT2D eigenvalue weighted by molar-refractivity contribution is 9.11. The number of allylic oxidation sites excluding steroid dienone is 2. The van der Waals surface area contributed by atoms with E-state index in [1.165, 1.54) is 0 Å². The van der Waals surface area contributed by atoms with Crippen molar-refractivity contribution in [2.45, 2.75) is 19.4 Å². The number of hydrazone groups is 1. The van der Waals surface area contributed by atoms with E-state index in [2.05, 4.69) is 49.1 Å². The zero-order valence-corrected chi connectivity index (χ0v) is 19.8. The van der Waals surface area contributed by atoms with Gasteiger partial charge in [-0.25, -0.2) is 0 Å². The fourth-order valence-corrected chi connectivity index (χ4v) is 6.27. The van der Waals surface area contributed by atoms with Crippen molar-refractivity contribution in [3.8, 4) is 5.75 Å². The molecule has 4 aliphatic rings. The molecule has 2 aromatic carbocycles. The third-order valence-electron chi connectivity index (χ3n) is 6.30. The highest BCUT2D eigenvalue weighted by Gasteiger charge is 2.56. The molecule has 1 aliphatic heterocycles. The van der Waals surface area contributed by atoms with Gasteiger partial charge in [-0.05, 0) is 79.8 Å². The molecule has 1 saturated carbocycles. The Morgan fingerprint density at radius 2 is 1.55 bits per heavy atom. The lowest BCUT2D eigenvalue weighted by Gasteiger charge is -2.37. The molecule has 158 valence electrons. The molecule has 5 nitrogen and oxygen atoms in total. The summed E-state index contributed by atoms with van der Waals surface area (Å²) in [5, 5.41) is 5.36. The summed E-state index contributed by atoms with van der Waals surface area (Å²) in [5.41, 5.74) is 1.82. The summed E-state index contributed by atoms with van der Waals surface area (Å²) in [6, 6.07) is 13.6. The Balaban J connectivity index is 1.32. The Hall–Kier alpha value is -2.25. The normalized spacial score (nSPS) is 26.7. The Bertz CT molecular complexity index is 1040. The van der Waals surface area contributed by atoms with Crippen LogP contribution in [0.4, 0.5) is 0 Å². The predicted octanol–water partition coefficient (Wildman–Crippen LogP) is 5.32. The van der Waals surface area contributed by atoms with E-state index in [1.54, 1.807) is 6.21 Å². The Morgan fingerprint density at radius 1 is 0.968 bits per heavy atom. The van der Waals surface area contributed by atoms with Gasteiger partial charge >= 0.3 is 0 Å². The number of fused-ring (bicyclic) bond motifs is 1. The number of carbonyl (C=O) groups excluding carboxylic acids is 2. The van der Waals surface area contributed by atoms with Crippen LogP contribution in [0.25, 0.3) is 0 Å². The van der Waals surface area contributed by atoms with Crippen LogP contribution < -0.4 is 4.74 Å². The molecule has 0 unspecified atom stereocenters. The minimum absolute atomic E-state index is 0.163. The number of ether oxygens (including phenoxy) is 1. The molecule has 2 aromatic rings. The smallest absolute Gasteiger partial charge is 0.254 e. The van der Waals surface area contributed by atoms with Crippen LogP contribution in [0, 0.1) is 23.7 Å². The quantitative estimate of drug-likeness (QED) is 0.291. The van der Waals surface area contributed by atoms with Crippen LogP contribution in [0.2, 0.25) is 0 Å². The number of hydrogen-bond donors (Lipinski definition) is 0. The average Bonchev–Trinajstić information content (AvgIpc) is 3.05. The van der Waals surface area contributed by atoms with Gasteiger partial charge in [0.25, 0.3) is 11.8 Å². The summed E-state index contributed by atoms with van der Waals surface area (Å²) in [6.45, 7) is 0.446. The molecule has 1 heterocycles. The van der Waals surface area contributed by atoms with Gasteiger partial charge in [-0.2, -0.15) is 10.1 Å². The molecule has 0 spiro atoms. The van der Waals surface area contributed by atoms with Crippen LogP contribution in [0.3, 0.4) is 0 Å². The Morgan fingerprint density at radius 3 is 2.10 bits per heavy atom. The van der Waals surface area contributed by atoms with E-state index in [0.29, 0.717) is 12.4 Å². The molecular weight excluding hydrogens is 524 g/mol. The average molecular weight is 544 g/mol. The van der Waals surface area contributed by atoms with Crippen molar-refractivity contribution in [3.05, 3.63) is 74.7 Å². The van der Waals surface area contributed by atoms with Crippen molar-refractivity contribution >= 4 is 49.9 Å².